The summed E-state index contributed by atoms with van der Waals surface area (Å²) in [6.45, 7) is 10.0. The van der Waals surface area contributed by atoms with Crippen LogP contribution in [0.5, 0.6) is 11.5 Å². The van der Waals surface area contributed by atoms with Crippen molar-refractivity contribution in [1.82, 2.24) is 9.80 Å². The van der Waals surface area contributed by atoms with Crippen LogP contribution < -0.4 is 9.47 Å². The van der Waals surface area contributed by atoms with E-state index in [1.807, 2.05) is 12.1 Å². The highest BCUT2D eigenvalue weighted by Crippen LogP contribution is 2.33. The van der Waals surface area contributed by atoms with Crippen LogP contribution >= 0.6 is 0 Å². The Morgan fingerprint density at radius 2 is 1.92 bits per heavy atom. The minimum Gasteiger partial charge on any atom is -0.493 e. The van der Waals surface area contributed by atoms with Crippen molar-refractivity contribution in [3.8, 4) is 17.6 Å². The molecule has 1 fully saturated rings. The van der Waals surface area contributed by atoms with E-state index in [0.29, 0.717) is 6.42 Å². The lowest BCUT2D eigenvalue weighted by Gasteiger charge is -2.34. The summed E-state index contributed by atoms with van der Waals surface area (Å²) in [4.78, 5) is 4.81. The fourth-order valence-corrected chi connectivity index (χ4v) is 2.88. The fourth-order valence-electron chi connectivity index (χ4n) is 2.88. The van der Waals surface area contributed by atoms with E-state index in [2.05, 4.69) is 35.8 Å². The molecule has 0 aliphatic carbocycles. The van der Waals surface area contributed by atoms with E-state index in [-0.39, 0.29) is 6.10 Å². The van der Waals surface area contributed by atoms with Crippen molar-refractivity contribution >= 4 is 0 Å². The molecule has 24 heavy (non-hydrogen) atoms. The van der Waals surface area contributed by atoms with Gasteiger partial charge in [0.1, 0.15) is 0 Å². The molecule has 1 atom stereocenters. The quantitative estimate of drug-likeness (QED) is 0.733. The Bertz CT molecular complexity index is 548. The zero-order valence-electron chi connectivity index (χ0n) is 15.1. The van der Waals surface area contributed by atoms with Crippen LogP contribution in [0, 0.1) is 11.3 Å². The van der Waals surface area contributed by atoms with Crippen LogP contribution in [0.15, 0.2) is 18.2 Å². The molecule has 2 rings (SSSR count). The standard InChI is InChI=1S/C19H29N3O2/c1-4-16(2)24-19-17(7-5-8-18(19)23-3)15-22-13-11-21(12-14-22)10-6-9-20/h5,7-8,16H,4,6,10-15H2,1-3H3. The van der Waals surface area contributed by atoms with Gasteiger partial charge in [0.2, 0.25) is 0 Å². The van der Waals surface area contributed by atoms with E-state index in [1.165, 1.54) is 5.56 Å². The second kappa shape index (κ2) is 9.51. The maximum Gasteiger partial charge on any atom is 0.166 e. The third-order valence-electron chi connectivity index (χ3n) is 4.57. The maximum absolute atomic E-state index is 8.70. The minimum absolute atomic E-state index is 0.169. The monoisotopic (exact) mass is 331 g/mol. The Morgan fingerprint density at radius 1 is 1.21 bits per heavy atom. The van der Waals surface area contributed by atoms with Crippen LogP contribution in [-0.4, -0.2) is 55.7 Å². The van der Waals surface area contributed by atoms with Crippen molar-refractivity contribution in [2.24, 2.45) is 0 Å². The number of ether oxygens (including phenoxy) is 2. The third-order valence-corrected chi connectivity index (χ3v) is 4.57. The van der Waals surface area contributed by atoms with Gasteiger partial charge >= 0.3 is 0 Å². The lowest BCUT2D eigenvalue weighted by atomic mass is 10.1. The molecular weight excluding hydrogens is 302 g/mol. The van der Waals surface area contributed by atoms with Gasteiger partial charge in [0.25, 0.3) is 0 Å². The van der Waals surface area contributed by atoms with Gasteiger partial charge in [-0.25, -0.2) is 0 Å². The molecule has 0 bridgehead atoms. The fraction of sp³-hybridized carbons (Fsp3) is 0.632. The van der Waals surface area contributed by atoms with E-state index < -0.39 is 0 Å². The predicted molar refractivity (Wildman–Crippen MR) is 95.3 cm³/mol. The first-order valence-corrected chi connectivity index (χ1v) is 8.82. The topological polar surface area (TPSA) is 48.7 Å². The highest BCUT2D eigenvalue weighted by atomic mass is 16.5. The molecule has 0 aromatic heterocycles. The largest absolute Gasteiger partial charge is 0.493 e. The predicted octanol–water partition coefficient (Wildman–Crippen LogP) is 2.90. The van der Waals surface area contributed by atoms with Crippen molar-refractivity contribution in [2.45, 2.75) is 39.3 Å². The van der Waals surface area contributed by atoms with E-state index in [0.717, 1.165) is 57.2 Å². The maximum atomic E-state index is 8.70. The van der Waals surface area contributed by atoms with Gasteiger partial charge in [-0.2, -0.15) is 5.26 Å². The normalized spacial score (nSPS) is 17.2. The SMILES string of the molecule is CCC(C)Oc1c(CN2CCN(CCC#N)CC2)cccc1OC. The Labute approximate surface area is 145 Å². The summed E-state index contributed by atoms with van der Waals surface area (Å²) in [5, 5.41) is 8.70. The molecule has 1 heterocycles. The number of rotatable bonds is 8. The molecular formula is C19H29N3O2. The number of hydrogen-bond acceptors (Lipinski definition) is 5. The highest BCUT2D eigenvalue weighted by molar-refractivity contribution is 5.46. The minimum atomic E-state index is 0.169. The average molecular weight is 331 g/mol. The van der Waals surface area contributed by atoms with Gasteiger partial charge in [-0.15, -0.1) is 0 Å². The van der Waals surface area contributed by atoms with Gasteiger partial charge < -0.3 is 9.47 Å². The number of para-hydroxylation sites is 1. The van der Waals surface area contributed by atoms with Gasteiger partial charge in [-0.1, -0.05) is 19.1 Å². The Hall–Kier alpha value is -1.77. The second-order valence-corrected chi connectivity index (χ2v) is 6.31. The molecule has 0 saturated carbocycles. The van der Waals surface area contributed by atoms with Crippen LogP contribution in [0.25, 0.3) is 0 Å². The van der Waals surface area contributed by atoms with Crippen molar-refractivity contribution < 1.29 is 9.47 Å². The van der Waals surface area contributed by atoms with E-state index in [1.54, 1.807) is 7.11 Å². The zero-order valence-corrected chi connectivity index (χ0v) is 15.1. The Kier molecular flexibility index (Phi) is 7.36. The molecule has 1 saturated heterocycles. The van der Waals surface area contributed by atoms with Gasteiger partial charge in [0, 0.05) is 51.3 Å². The number of piperazine rings is 1. The van der Waals surface area contributed by atoms with Crippen molar-refractivity contribution in [3.63, 3.8) is 0 Å². The first kappa shape index (κ1) is 18.6. The molecule has 5 nitrogen and oxygen atoms in total. The van der Waals surface area contributed by atoms with E-state index >= 15 is 0 Å². The Morgan fingerprint density at radius 3 is 2.54 bits per heavy atom. The zero-order chi connectivity index (χ0) is 17.4. The number of hydrogen-bond donors (Lipinski definition) is 0. The molecule has 1 aromatic rings. The summed E-state index contributed by atoms with van der Waals surface area (Å²) < 4.78 is 11.6. The van der Waals surface area contributed by atoms with E-state index in [9.17, 15) is 0 Å². The van der Waals surface area contributed by atoms with Crippen molar-refractivity contribution in [1.29, 1.82) is 5.26 Å². The third kappa shape index (κ3) is 5.12. The van der Waals surface area contributed by atoms with Gasteiger partial charge in [-0.3, -0.25) is 9.80 Å². The number of nitrogens with zero attached hydrogens (tertiary/aromatic N) is 3. The summed E-state index contributed by atoms with van der Waals surface area (Å²) in [5.41, 5.74) is 1.18. The lowest BCUT2D eigenvalue weighted by Crippen LogP contribution is -2.46. The molecule has 0 N–H and O–H groups in total. The lowest BCUT2D eigenvalue weighted by molar-refractivity contribution is 0.126. The van der Waals surface area contributed by atoms with Gasteiger partial charge in [0.05, 0.1) is 19.3 Å². The van der Waals surface area contributed by atoms with E-state index in [4.69, 9.17) is 14.7 Å². The highest BCUT2D eigenvalue weighted by Gasteiger charge is 2.20. The molecule has 0 radical (unpaired) electrons. The van der Waals surface area contributed by atoms with Crippen LogP contribution in [0.2, 0.25) is 0 Å². The molecule has 1 unspecified atom stereocenters. The molecule has 0 spiro atoms. The van der Waals surface area contributed by atoms with Crippen molar-refractivity contribution in [3.05, 3.63) is 23.8 Å². The number of methoxy groups -OCH3 is 1. The molecule has 5 heteroatoms. The van der Waals surface area contributed by atoms with Gasteiger partial charge in [0.15, 0.2) is 11.5 Å². The summed E-state index contributed by atoms with van der Waals surface area (Å²) in [5.74, 6) is 1.68. The molecule has 1 aliphatic heterocycles. The van der Waals surface area contributed by atoms with Crippen LogP contribution in [0.4, 0.5) is 0 Å². The summed E-state index contributed by atoms with van der Waals surface area (Å²) >= 11 is 0. The van der Waals surface area contributed by atoms with Gasteiger partial charge in [-0.05, 0) is 19.4 Å². The second-order valence-electron chi connectivity index (χ2n) is 6.31. The molecule has 0 amide bonds. The smallest absolute Gasteiger partial charge is 0.166 e. The molecule has 1 aliphatic rings. The van der Waals surface area contributed by atoms with Crippen LogP contribution in [0.1, 0.15) is 32.3 Å². The van der Waals surface area contributed by atoms with Crippen LogP contribution in [0.3, 0.4) is 0 Å². The first-order chi connectivity index (χ1) is 11.7. The summed E-state index contributed by atoms with van der Waals surface area (Å²) in [7, 11) is 1.69. The molecule has 132 valence electrons. The average Bonchev–Trinajstić information content (AvgIpc) is 2.62. The summed E-state index contributed by atoms with van der Waals surface area (Å²) in [6, 6.07) is 8.34. The number of nitriles is 1. The van der Waals surface area contributed by atoms with Crippen LogP contribution in [-0.2, 0) is 6.54 Å². The first-order valence-electron chi connectivity index (χ1n) is 8.82. The molecule has 1 aromatic carbocycles. The van der Waals surface area contributed by atoms with Crippen molar-refractivity contribution in [2.75, 3.05) is 39.8 Å². The number of benzene rings is 1. The summed E-state index contributed by atoms with van der Waals surface area (Å²) in [6.07, 6.45) is 1.75. The Balaban J connectivity index is 2.01.